The number of anilines is 1. The number of nitrogen functional groups attached to an aromatic ring is 1. The van der Waals surface area contributed by atoms with Crippen LogP contribution in [0.3, 0.4) is 0 Å². The molecule has 0 heterocycles. The highest BCUT2D eigenvalue weighted by Crippen LogP contribution is 2.35. The minimum atomic E-state index is -0.750. The van der Waals surface area contributed by atoms with E-state index < -0.39 is 6.10 Å². The van der Waals surface area contributed by atoms with Crippen LogP contribution < -0.4 is 5.73 Å². The maximum absolute atomic E-state index is 12.2. The van der Waals surface area contributed by atoms with E-state index in [4.69, 9.17) is 5.73 Å². The van der Waals surface area contributed by atoms with Crippen LogP contribution in [0, 0.1) is 0 Å². The number of ketones is 1. The third-order valence-corrected chi connectivity index (χ3v) is 3.12. The molecule has 1 aliphatic rings. The quantitative estimate of drug-likeness (QED) is 0.673. The Morgan fingerprint density at radius 1 is 1.00 bits per heavy atom. The van der Waals surface area contributed by atoms with Crippen LogP contribution in [0.15, 0.2) is 42.5 Å². The largest absolute Gasteiger partial charge is 0.399 e. The molecule has 1 aliphatic carbocycles. The first-order chi connectivity index (χ1) is 8.18. The highest BCUT2D eigenvalue weighted by atomic mass is 16.3. The highest BCUT2D eigenvalue weighted by Gasteiger charge is 2.29. The predicted molar refractivity (Wildman–Crippen MR) is 64.8 cm³/mol. The van der Waals surface area contributed by atoms with Crippen molar-refractivity contribution in [3.63, 3.8) is 0 Å². The molecule has 0 spiro atoms. The van der Waals surface area contributed by atoms with Crippen molar-refractivity contribution in [1.82, 2.24) is 0 Å². The van der Waals surface area contributed by atoms with Gasteiger partial charge in [0.05, 0.1) is 0 Å². The lowest BCUT2D eigenvalue weighted by Gasteiger charge is -2.23. The van der Waals surface area contributed by atoms with Gasteiger partial charge in [-0.25, -0.2) is 0 Å². The van der Waals surface area contributed by atoms with Gasteiger partial charge in [-0.15, -0.1) is 0 Å². The molecule has 0 aliphatic heterocycles. The lowest BCUT2D eigenvalue weighted by molar-refractivity contribution is 0.101. The van der Waals surface area contributed by atoms with Crippen LogP contribution in [0.5, 0.6) is 0 Å². The number of hydrogen-bond acceptors (Lipinski definition) is 3. The Morgan fingerprint density at radius 2 is 1.71 bits per heavy atom. The van der Waals surface area contributed by atoms with Gasteiger partial charge in [0.15, 0.2) is 5.78 Å². The Kier molecular flexibility index (Phi) is 2.03. The molecule has 1 atom stereocenters. The lowest BCUT2D eigenvalue weighted by Crippen LogP contribution is -2.19. The molecule has 3 heteroatoms. The minimum absolute atomic E-state index is 0.0757. The van der Waals surface area contributed by atoms with E-state index in [2.05, 4.69) is 0 Å². The van der Waals surface area contributed by atoms with Crippen molar-refractivity contribution in [3.8, 4) is 0 Å². The van der Waals surface area contributed by atoms with Gasteiger partial charge in [-0.2, -0.15) is 0 Å². The van der Waals surface area contributed by atoms with Crippen LogP contribution in [-0.2, 0) is 0 Å². The summed E-state index contributed by atoms with van der Waals surface area (Å²) < 4.78 is 0. The summed E-state index contributed by atoms with van der Waals surface area (Å²) in [6.07, 6.45) is -0.750. The van der Waals surface area contributed by atoms with Gasteiger partial charge in [0, 0.05) is 16.8 Å². The van der Waals surface area contributed by atoms with E-state index in [1.165, 1.54) is 0 Å². The third-order valence-electron chi connectivity index (χ3n) is 3.12. The van der Waals surface area contributed by atoms with Crippen LogP contribution in [0.4, 0.5) is 5.69 Å². The van der Waals surface area contributed by atoms with E-state index in [-0.39, 0.29) is 5.78 Å². The zero-order valence-electron chi connectivity index (χ0n) is 9.05. The first kappa shape index (κ1) is 10.1. The normalized spacial score (nSPS) is 17.5. The number of aliphatic hydroxyl groups excluding tert-OH is 1. The number of carbonyl (C=O) groups is 1. The minimum Gasteiger partial charge on any atom is -0.399 e. The molecule has 0 amide bonds. The Morgan fingerprint density at radius 3 is 2.53 bits per heavy atom. The average molecular weight is 225 g/mol. The Hall–Kier alpha value is -2.13. The molecule has 0 fully saturated rings. The summed E-state index contributed by atoms with van der Waals surface area (Å²) in [4.78, 5) is 12.2. The fraction of sp³-hybridized carbons (Fsp3) is 0.0714. The van der Waals surface area contributed by atoms with Crippen molar-refractivity contribution in [2.24, 2.45) is 0 Å². The van der Waals surface area contributed by atoms with Gasteiger partial charge >= 0.3 is 0 Å². The lowest BCUT2D eigenvalue weighted by atomic mass is 9.83. The number of nitrogens with two attached hydrogens (primary N) is 1. The van der Waals surface area contributed by atoms with Crippen molar-refractivity contribution in [2.75, 3.05) is 5.73 Å². The summed E-state index contributed by atoms with van der Waals surface area (Å²) in [7, 11) is 0. The van der Waals surface area contributed by atoms with Crippen LogP contribution in [0.2, 0.25) is 0 Å². The second-order valence-corrected chi connectivity index (χ2v) is 4.17. The van der Waals surface area contributed by atoms with Crippen LogP contribution in [0.1, 0.15) is 33.2 Å². The van der Waals surface area contributed by atoms with E-state index >= 15 is 0 Å². The fourth-order valence-electron chi connectivity index (χ4n) is 2.26. The second kappa shape index (κ2) is 3.43. The Balaban J connectivity index is 2.29. The molecule has 0 radical (unpaired) electrons. The average Bonchev–Trinajstić information content (AvgIpc) is 2.36. The number of rotatable bonds is 0. The SMILES string of the molecule is Nc1ccc2c(c1)C(=O)c1ccccc1C2O. The van der Waals surface area contributed by atoms with Crippen molar-refractivity contribution < 1.29 is 9.90 Å². The van der Waals surface area contributed by atoms with E-state index in [9.17, 15) is 9.90 Å². The maximum atomic E-state index is 12.2. The van der Waals surface area contributed by atoms with Crippen molar-refractivity contribution in [2.45, 2.75) is 6.10 Å². The molecule has 17 heavy (non-hydrogen) atoms. The highest BCUT2D eigenvalue weighted by molar-refractivity contribution is 6.13. The molecule has 0 bridgehead atoms. The van der Waals surface area contributed by atoms with E-state index in [0.29, 0.717) is 27.9 Å². The third kappa shape index (κ3) is 1.36. The maximum Gasteiger partial charge on any atom is 0.193 e. The van der Waals surface area contributed by atoms with E-state index in [1.807, 2.05) is 6.07 Å². The first-order valence-corrected chi connectivity index (χ1v) is 5.39. The monoisotopic (exact) mass is 225 g/mol. The van der Waals surface area contributed by atoms with Gasteiger partial charge in [-0.1, -0.05) is 30.3 Å². The molecule has 0 saturated carbocycles. The first-order valence-electron chi connectivity index (χ1n) is 5.39. The molecule has 1 unspecified atom stereocenters. The van der Waals surface area contributed by atoms with Gasteiger partial charge in [0.1, 0.15) is 6.10 Å². The van der Waals surface area contributed by atoms with E-state index in [0.717, 1.165) is 0 Å². The number of fused-ring (bicyclic) bond motifs is 2. The van der Waals surface area contributed by atoms with Gasteiger partial charge in [0.2, 0.25) is 0 Å². The molecule has 3 N–H and O–H groups in total. The van der Waals surface area contributed by atoms with Crippen LogP contribution in [0.25, 0.3) is 0 Å². The molecule has 3 nitrogen and oxygen atoms in total. The number of hydrogen-bond donors (Lipinski definition) is 2. The van der Waals surface area contributed by atoms with Gasteiger partial charge < -0.3 is 10.8 Å². The summed E-state index contributed by atoms with van der Waals surface area (Å²) in [5.41, 5.74) is 8.55. The second-order valence-electron chi connectivity index (χ2n) is 4.17. The fourth-order valence-corrected chi connectivity index (χ4v) is 2.26. The molecule has 0 saturated heterocycles. The molecular formula is C14H11NO2. The van der Waals surface area contributed by atoms with Crippen molar-refractivity contribution >= 4 is 11.5 Å². The number of benzene rings is 2. The van der Waals surface area contributed by atoms with Crippen molar-refractivity contribution in [3.05, 3.63) is 64.7 Å². The molecule has 2 aromatic rings. The molecule has 84 valence electrons. The summed E-state index contributed by atoms with van der Waals surface area (Å²) in [6.45, 7) is 0. The van der Waals surface area contributed by atoms with Crippen molar-refractivity contribution in [1.29, 1.82) is 0 Å². The van der Waals surface area contributed by atoms with Gasteiger partial charge in [-0.05, 0) is 23.3 Å². The zero-order chi connectivity index (χ0) is 12.0. The zero-order valence-corrected chi connectivity index (χ0v) is 9.05. The van der Waals surface area contributed by atoms with E-state index in [1.54, 1.807) is 36.4 Å². The van der Waals surface area contributed by atoms with Crippen LogP contribution >= 0.6 is 0 Å². The summed E-state index contributed by atoms with van der Waals surface area (Å²) in [5, 5.41) is 10.2. The van der Waals surface area contributed by atoms with Gasteiger partial charge in [-0.3, -0.25) is 4.79 Å². The standard InChI is InChI=1S/C14H11NO2/c15-8-5-6-11-12(7-8)14(17)10-4-2-1-3-9(10)13(11)16/h1-7,13,16H,15H2. The van der Waals surface area contributed by atoms with Crippen LogP contribution in [-0.4, -0.2) is 10.9 Å². The predicted octanol–water partition coefficient (Wildman–Crippen LogP) is 1.89. The summed E-state index contributed by atoms with van der Waals surface area (Å²) in [6, 6.07) is 12.1. The smallest absolute Gasteiger partial charge is 0.193 e. The molecular weight excluding hydrogens is 214 g/mol. The van der Waals surface area contributed by atoms with Gasteiger partial charge in [0.25, 0.3) is 0 Å². The topological polar surface area (TPSA) is 63.3 Å². The molecule has 0 aromatic heterocycles. The number of carbonyl (C=O) groups excluding carboxylic acids is 1. The summed E-state index contributed by atoms with van der Waals surface area (Å²) >= 11 is 0. The molecule has 2 aromatic carbocycles. The Bertz CT molecular complexity index is 619. The summed E-state index contributed by atoms with van der Waals surface area (Å²) in [5.74, 6) is -0.0757. The molecule has 3 rings (SSSR count). The number of aliphatic hydroxyl groups is 1. The Labute approximate surface area is 98.5 Å².